The molecule has 1 saturated carbocycles. The van der Waals surface area contributed by atoms with Crippen LogP contribution >= 0.6 is 0 Å². The number of ketones is 1. The second-order valence-corrected chi connectivity index (χ2v) is 6.96. The highest BCUT2D eigenvalue weighted by Gasteiger charge is 2.34. The van der Waals surface area contributed by atoms with Crippen molar-refractivity contribution in [1.82, 2.24) is 0 Å². The summed E-state index contributed by atoms with van der Waals surface area (Å²) in [5.74, 6) is 1.02. The van der Waals surface area contributed by atoms with Crippen molar-refractivity contribution in [2.45, 2.75) is 59.0 Å². The zero-order valence-corrected chi connectivity index (χ0v) is 13.4. The van der Waals surface area contributed by atoms with E-state index in [-0.39, 0.29) is 0 Å². The van der Waals surface area contributed by atoms with Gasteiger partial charge < -0.3 is 4.74 Å². The van der Waals surface area contributed by atoms with Crippen LogP contribution in [0.1, 0.15) is 57.9 Å². The molecule has 0 bridgehead atoms. The van der Waals surface area contributed by atoms with Crippen LogP contribution in [0.15, 0.2) is 30.3 Å². The lowest BCUT2D eigenvalue weighted by atomic mass is 9.67. The van der Waals surface area contributed by atoms with Gasteiger partial charge in [0, 0.05) is 19.4 Å². The number of carbonyl (C=O) groups is 1. The number of benzene rings is 1. The molecule has 0 radical (unpaired) electrons. The van der Waals surface area contributed by atoms with Crippen molar-refractivity contribution in [1.29, 1.82) is 0 Å². The predicted octanol–water partition coefficient (Wildman–Crippen LogP) is 4.77. The van der Waals surface area contributed by atoms with Crippen LogP contribution in [0.2, 0.25) is 0 Å². The molecule has 0 saturated heterocycles. The Kier molecular flexibility index (Phi) is 5.98. The number of unbranched alkanes of at least 4 members (excludes halogenated alkanes) is 1. The Morgan fingerprint density at radius 3 is 2.71 bits per heavy atom. The molecule has 1 aliphatic rings. The van der Waals surface area contributed by atoms with Gasteiger partial charge in [-0.25, -0.2) is 0 Å². The standard InChI is InChI=1S/C19H28O2/c1-19(2)12-11-18(20)14-17(19)10-6-7-13-21-15-16-8-4-3-5-9-16/h3-5,8-9,17H,6-7,10-15H2,1-2H3/t17-/m1/s1. The highest BCUT2D eigenvalue weighted by molar-refractivity contribution is 5.79. The van der Waals surface area contributed by atoms with Gasteiger partial charge in [-0.1, -0.05) is 50.6 Å². The maximum atomic E-state index is 11.6. The number of rotatable bonds is 7. The molecule has 1 atom stereocenters. The fourth-order valence-corrected chi connectivity index (χ4v) is 3.17. The summed E-state index contributed by atoms with van der Waals surface area (Å²) in [5.41, 5.74) is 1.57. The predicted molar refractivity (Wildman–Crippen MR) is 86.1 cm³/mol. The van der Waals surface area contributed by atoms with Crippen LogP contribution in [0.25, 0.3) is 0 Å². The Bertz CT molecular complexity index is 436. The molecule has 116 valence electrons. The normalized spacial score (nSPS) is 21.4. The van der Waals surface area contributed by atoms with E-state index in [1.807, 2.05) is 18.2 Å². The van der Waals surface area contributed by atoms with Gasteiger partial charge in [-0.15, -0.1) is 0 Å². The first-order valence-electron chi connectivity index (χ1n) is 8.21. The molecular weight excluding hydrogens is 260 g/mol. The van der Waals surface area contributed by atoms with Crippen molar-refractivity contribution >= 4 is 5.78 Å². The zero-order valence-electron chi connectivity index (χ0n) is 13.4. The molecular formula is C19H28O2. The molecule has 0 amide bonds. The summed E-state index contributed by atoms with van der Waals surface area (Å²) in [6.07, 6.45) is 6.04. The third kappa shape index (κ3) is 5.28. The van der Waals surface area contributed by atoms with Crippen LogP contribution in [0, 0.1) is 11.3 Å². The van der Waals surface area contributed by atoms with Gasteiger partial charge in [-0.3, -0.25) is 4.79 Å². The van der Waals surface area contributed by atoms with Gasteiger partial charge in [0.05, 0.1) is 6.61 Å². The smallest absolute Gasteiger partial charge is 0.133 e. The second kappa shape index (κ2) is 7.74. The van der Waals surface area contributed by atoms with Gasteiger partial charge in [-0.05, 0) is 36.2 Å². The number of Topliss-reactive ketones (excluding diaryl/α,β-unsaturated/α-hetero) is 1. The Labute approximate surface area is 128 Å². The molecule has 1 fully saturated rings. The highest BCUT2D eigenvalue weighted by atomic mass is 16.5. The lowest BCUT2D eigenvalue weighted by molar-refractivity contribution is -0.124. The molecule has 0 aliphatic heterocycles. The lowest BCUT2D eigenvalue weighted by Crippen LogP contribution is -2.32. The van der Waals surface area contributed by atoms with E-state index < -0.39 is 0 Å². The SMILES string of the molecule is CC1(C)CCC(=O)C[C@H]1CCCCOCc1ccccc1. The van der Waals surface area contributed by atoms with Crippen molar-refractivity contribution in [2.24, 2.45) is 11.3 Å². The molecule has 1 aromatic carbocycles. The zero-order chi connectivity index (χ0) is 15.1. The summed E-state index contributed by atoms with van der Waals surface area (Å²) >= 11 is 0. The van der Waals surface area contributed by atoms with E-state index in [1.165, 1.54) is 5.56 Å². The number of ether oxygens (including phenoxy) is 1. The lowest BCUT2D eigenvalue weighted by Gasteiger charge is -2.38. The molecule has 1 aromatic rings. The van der Waals surface area contributed by atoms with Crippen LogP contribution in [-0.2, 0) is 16.1 Å². The van der Waals surface area contributed by atoms with Crippen molar-refractivity contribution in [2.75, 3.05) is 6.61 Å². The summed E-state index contributed by atoms with van der Waals surface area (Å²) in [6, 6.07) is 10.3. The minimum Gasteiger partial charge on any atom is -0.377 e. The molecule has 0 spiro atoms. The molecule has 2 heteroatoms. The maximum absolute atomic E-state index is 11.6. The molecule has 0 N–H and O–H groups in total. The van der Waals surface area contributed by atoms with E-state index >= 15 is 0 Å². The molecule has 1 aliphatic carbocycles. The van der Waals surface area contributed by atoms with Gasteiger partial charge in [-0.2, -0.15) is 0 Å². The first-order valence-corrected chi connectivity index (χ1v) is 8.21. The van der Waals surface area contributed by atoms with Gasteiger partial charge in [0.25, 0.3) is 0 Å². The fourth-order valence-electron chi connectivity index (χ4n) is 3.17. The minimum absolute atomic E-state index is 0.332. The summed E-state index contributed by atoms with van der Waals surface area (Å²) in [5, 5.41) is 0. The number of hydrogen-bond acceptors (Lipinski definition) is 2. The van der Waals surface area contributed by atoms with E-state index in [1.54, 1.807) is 0 Å². The molecule has 0 aromatic heterocycles. The molecule has 2 nitrogen and oxygen atoms in total. The average molecular weight is 288 g/mol. The minimum atomic E-state index is 0.332. The van der Waals surface area contributed by atoms with E-state index in [0.717, 1.165) is 45.1 Å². The third-order valence-electron chi connectivity index (χ3n) is 4.83. The van der Waals surface area contributed by atoms with E-state index in [2.05, 4.69) is 26.0 Å². The van der Waals surface area contributed by atoms with E-state index in [4.69, 9.17) is 4.74 Å². The monoisotopic (exact) mass is 288 g/mol. The molecule has 2 rings (SSSR count). The molecule has 0 unspecified atom stereocenters. The van der Waals surface area contributed by atoms with Crippen LogP contribution in [0.4, 0.5) is 0 Å². The quantitative estimate of drug-likeness (QED) is 0.676. The Balaban J connectivity index is 1.60. The van der Waals surface area contributed by atoms with Crippen LogP contribution in [-0.4, -0.2) is 12.4 Å². The van der Waals surface area contributed by atoms with E-state index in [0.29, 0.717) is 23.7 Å². The number of carbonyl (C=O) groups excluding carboxylic acids is 1. The largest absolute Gasteiger partial charge is 0.377 e. The maximum Gasteiger partial charge on any atom is 0.133 e. The number of hydrogen-bond donors (Lipinski definition) is 0. The average Bonchev–Trinajstić information content (AvgIpc) is 2.47. The van der Waals surface area contributed by atoms with Crippen molar-refractivity contribution < 1.29 is 9.53 Å². The van der Waals surface area contributed by atoms with Crippen molar-refractivity contribution in [3.8, 4) is 0 Å². The van der Waals surface area contributed by atoms with Gasteiger partial charge >= 0.3 is 0 Å². The summed E-state index contributed by atoms with van der Waals surface area (Å²) in [4.78, 5) is 11.6. The van der Waals surface area contributed by atoms with E-state index in [9.17, 15) is 4.79 Å². The van der Waals surface area contributed by atoms with Crippen LogP contribution < -0.4 is 0 Å². The fraction of sp³-hybridized carbons (Fsp3) is 0.632. The second-order valence-electron chi connectivity index (χ2n) is 6.96. The third-order valence-corrected chi connectivity index (χ3v) is 4.83. The Hall–Kier alpha value is -1.15. The molecule has 21 heavy (non-hydrogen) atoms. The van der Waals surface area contributed by atoms with Crippen molar-refractivity contribution in [3.05, 3.63) is 35.9 Å². The van der Waals surface area contributed by atoms with Gasteiger partial charge in [0.15, 0.2) is 0 Å². The first-order chi connectivity index (χ1) is 10.1. The molecule has 0 heterocycles. The summed E-state index contributed by atoms with van der Waals surface area (Å²) in [6.45, 7) is 6.15. The van der Waals surface area contributed by atoms with Crippen LogP contribution in [0.3, 0.4) is 0 Å². The first kappa shape index (κ1) is 16.2. The Morgan fingerprint density at radius 2 is 1.95 bits per heavy atom. The highest BCUT2D eigenvalue weighted by Crippen LogP contribution is 2.41. The summed E-state index contributed by atoms with van der Waals surface area (Å²) in [7, 11) is 0. The van der Waals surface area contributed by atoms with Crippen LogP contribution in [0.5, 0.6) is 0 Å². The topological polar surface area (TPSA) is 26.3 Å². The van der Waals surface area contributed by atoms with Gasteiger partial charge in [0.2, 0.25) is 0 Å². The summed E-state index contributed by atoms with van der Waals surface area (Å²) < 4.78 is 5.72. The Morgan fingerprint density at radius 1 is 1.19 bits per heavy atom. The van der Waals surface area contributed by atoms with Gasteiger partial charge in [0.1, 0.15) is 5.78 Å². The van der Waals surface area contributed by atoms with Crippen molar-refractivity contribution in [3.63, 3.8) is 0 Å².